The first-order chi connectivity index (χ1) is 10.2. The molecular weight excluding hydrogens is 264 g/mol. The summed E-state index contributed by atoms with van der Waals surface area (Å²) < 4.78 is 5.38. The van der Waals surface area contributed by atoms with Crippen LogP contribution < -0.4 is 10.2 Å². The normalized spacial score (nSPS) is 15.0. The predicted molar refractivity (Wildman–Crippen MR) is 84.3 cm³/mol. The van der Waals surface area contributed by atoms with Crippen molar-refractivity contribution in [3.63, 3.8) is 0 Å². The Morgan fingerprint density at radius 1 is 1.10 bits per heavy atom. The number of benzene rings is 1. The first-order valence-electron chi connectivity index (χ1n) is 7.21. The standard InChI is InChI=1S/C16H20N4O/c1-12-3-4-13(2)14(9-12)19-15-10-16(18-11-17-15)20-5-7-21-8-6-20/h3-4,9-11H,5-8H2,1-2H3,(H,17,18,19). The molecule has 2 aromatic rings. The van der Waals surface area contributed by atoms with Gasteiger partial charge in [-0.3, -0.25) is 0 Å². The van der Waals surface area contributed by atoms with E-state index in [-0.39, 0.29) is 0 Å². The van der Waals surface area contributed by atoms with Gasteiger partial charge in [0, 0.05) is 24.8 Å². The molecule has 0 saturated carbocycles. The molecule has 2 heterocycles. The van der Waals surface area contributed by atoms with Gasteiger partial charge >= 0.3 is 0 Å². The molecular formula is C16H20N4O. The second-order valence-corrected chi connectivity index (χ2v) is 5.30. The van der Waals surface area contributed by atoms with E-state index in [4.69, 9.17) is 4.74 Å². The Kier molecular flexibility index (Phi) is 4.01. The van der Waals surface area contributed by atoms with Gasteiger partial charge in [-0.2, -0.15) is 0 Å². The Morgan fingerprint density at radius 2 is 1.90 bits per heavy atom. The third-order valence-electron chi connectivity index (χ3n) is 3.64. The van der Waals surface area contributed by atoms with Crippen LogP contribution in [0.1, 0.15) is 11.1 Å². The number of aryl methyl sites for hydroxylation is 2. The van der Waals surface area contributed by atoms with Gasteiger partial charge in [0.15, 0.2) is 0 Å². The first kappa shape index (κ1) is 13.8. The van der Waals surface area contributed by atoms with E-state index in [0.29, 0.717) is 0 Å². The Hall–Kier alpha value is -2.14. The average molecular weight is 284 g/mol. The second kappa shape index (κ2) is 6.10. The number of aromatic nitrogens is 2. The van der Waals surface area contributed by atoms with Crippen LogP contribution in [0.2, 0.25) is 0 Å². The SMILES string of the molecule is Cc1ccc(C)c(Nc2cc(N3CCOCC3)ncn2)c1. The van der Waals surface area contributed by atoms with Crippen molar-refractivity contribution in [2.75, 3.05) is 36.5 Å². The van der Waals surface area contributed by atoms with Gasteiger partial charge in [-0.05, 0) is 31.0 Å². The fourth-order valence-corrected chi connectivity index (χ4v) is 2.39. The van der Waals surface area contributed by atoms with Gasteiger partial charge in [0.05, 0.1) is 13.2 Å². The summed E-state index contributed by atoms with van der Waals surface area (Å²) in [7, 11) is 0. The molecule has 1 saturated heterocycles. The van der Waals surface area contributed by atoms with E-state index < -0.39 is 0 Å². The number of morpholine rings is 1. The minimum Gasteiger partial charge on any atom is -0.378 e. The molecule has 1 aliphatic heterocycles. The predicted octanol–water partition coefficient (Wildman–Crippen LogP) is 2.67. The molecule has 1 aromatic heterocycles. The van der Waals surface area contributed by atoms with Crippen molar-refractivity contribution in [1.29, 1.82) is 0 Å². The van der Waals surface area contributed by atoms with Gasteiger partial charge in [0.25, 0.3) is 0 Å². The lowest BCUT2D eigenvalue weighted by atomic mass is 10.1. The van der Waals surface area contributed by atoms with E-state index in [1.165, 1.54) is 11.1 Å². The van der Waals surface area contributed by atoms with Crippen LogP contribution in [0.3, 0.4) is 0 Å². The molecule has 1 aliphatic rings. The van der Waals surface area contributed by atoms with Crippen LogP contribution in [0.4, 0.5) is 17.3 Å². The quantitative estimate of drug-likeness (QED) is 0.939. The molecule has 1 aromatic carbocycles. The van der Waals surface area contributed by atoms with Gasteiger partial charge in [-0.15, -0.1) is 0 Å². The molecule has 21 heavy (non-hydrogen) atoms. The van der Waals surface area contributed by atoms with E-state index in [1.807, 2.05) is 6.07 Å². The van der Waals surface area contributed by atoms with Gasteiger partial charge in [0.2, 0.25) is 0 Å². The fourth-order valence-electron chi connectivity index (χ4n) is 2.39. The molecule has 0 aliphatic carbocycles. The highest BCUT2D eigenvalue weighted by atomic mass is 16.5. The first-order valence-corrected chi connectivity index (χ1v) is 7.21. The fraction of sp³-hybridized carbons (Fsp3) is 0.375. The van der Waals surface area contributed by atoms with Crippen molar-refractivity contribution in [2.45, 2.75) is 13.8 Å². The van der Waals surface area contributed by atoms with Crippen molar-refractivity contribution >= 4 is 17.3 Å². The van der Waals surface area contributed by atoms with Gasteiger partial charge in [-0.25, -0.2) is 9.97 Å². The highest BCUT2D eigenvalue weighted by Crippen LogP contribution is 2.22. The maximum absolute atomic E-state index is 5.38. The summed E-state index contributed by atoms with van der Waals surface area (Å²) in [6.45, 7) is 7.43. The third kappa shape index (κ3) is 3.31. The summed E-state index contributed by atoms with van der Waals surface area (Å²) in [5.74, 6) is 1.77. The highest BCUT2D eigenvalue weighted by molar-refractivity contribution is 5.63. The molecule has 0 bridgehead atoms. The molecule has 1 fully saturated rings. The molecule has 1 N–H and O–H groups in total. The molecule has 0 unspecified atom stereocenters. The Morgan fingerprint density at radius 3 is 2.71 bits per heavy atom. The number of nitrogens with one attached hydrogen (secondary N) is 1. The van der Waals surface area contributed by atoms with Crippen LogP contribution in [0.15, 0.2) is 30.6 Å². The number of ether oxygens (including phenoxy) is 1. The monoisotopic (exact) mass is 284 g/mol. The van der Waals surface area contributed by atoms with E-state index in [1.54, 1.807) is 6.33 Å². The highest BCUT2D eigenvalue weighted by Gasteiger charge is 2.13. The van der Waals surface area contributed by atoms with Gasteiger partial charge in [0.1, 0.15) is 18.0 Å². The molecule has 5 nitrogen and oxygen atoms in total. The van der Waals surface area contributed by atoms with Crippen LogP contribution in [-0.4, -0.2) is 36.3 Å². The van der Waals surface area contributed by atoms with Crippen molar-refractivity contribution in [1.82, 2.24) is 9.97 Å². The molecule has 0 spiro atoms. The zero-order valence-corrected chi connectivity index (χ0v) is 12.5. The third-order valence-corrected chi connectivity index (χ3v) is 3.64. The number of hydrogen-bond donors (Lipinski definition) is 1. The van der Waals surface area contributed by atoms with Gasteiger partial charge < -0.3 is 15.0 Å². The maximum Gasteiger partial charge on any atom is 0.135 e. The summed E-state index contributed by atoms with van der Waals surface area (Å²) >= 11 is 0. The van der Waals surface area contributed by atoms with Crippen LogP contribution >= 0.6 is 0 Å². The lowest BCUT2D eigenvalue weighted by Crippen LogP contribution is -2.36. The van der Waals surface area contributed by atoms with Crippen LogP contribution in [0.25, 0.3) is 0 Å². The molecule has 0 amide bonds. The Labute approximate surface area is 125 Å². The zero-order valence-electron chi connectivity index (χ0n) is 12.5. The van der Waals surface area contributed by atoms with Crippen molar-refractivity contribution < 1.29 is 4.74 Å². The molecule has 110 valence electrons. The average Bonchev–Trinajstić information content (AvgIpc) is 2.52. The number of rotatable bonds is 3. The molecule has 0 atom stereocenters. The summed E-state index contributed by atoms with van der Waals surface area (Å²) in [6.07, 6.45) is 1.61. The molecule has 3 rings (SSSR count). The molecule has 0 radical (unpaired) electrons. The number of hydrogen-bond acceptors (Lipinski definition) is 5. The summed E-state index contributed by atoms with van der Waals surface area (Å²) in [5.41, 5.74) is 3.51. The van der Waals surface area contributed by atoms with E-state index in [9.17, 15) is 0 Å². The number of nitrogens with zero attached hydrogens (tertiary/aromatic N) is 3. The van der Waals surface area contributed by atoms with Crippen molar-refractivity contribution in [3.8, 4) is 0 Å². The van der Waals surface area contributed by atoms with Crippen LogP contribution in [0.5, 0.6) is 0 Å². The topological polar surface area (TPSA) is 50.3 Å². The maximum atomic E-state index is 5.38. The van der Waals surface area contributed by atoms with Crippen molar-refractivity contribution in [3.05, 3.63) is 41.7 Å². The Bertz CT molecular complexity index is 623. The minimum atomic E-state index is 0.754. The minimum absolute atomic E-state index is 0.754. The summed E-state index contributed by atoms with van der Waals surface area (Å²) in [6, 6.07) is 8.35. The largest absolute Gasteiger partial charge is 0.378 e. The second-order valence-electron chi connectivity index (χ2n) is 5.30. The summed E-state index contributed by atoms with van der Waals surface area (Å²) in [5, 5.41) is 3.38. The summed E-state index contributed by atoms with van der Waals surface area (Å²) in [4.78, 5) is 10.9. The number of anilines is 3. The van der Waals surface area contributed by atoms with Crippen molar-refractivity contribution in [2.24, 2.45) is 0 Å². The lowest BCUT2D eigenvalue weighted by molar-refractivity contribution is 0.122. The van der Waals surface area contributed by atoms with E-state index in [0.717, 1.165) is 43.6 Å². The van der Waals surface area contributed by atoms with Crippen LogP contribution in [0, 0.1) is 13.8 Å². The van der Waals surface area contributed by atoms with Gasteiger partial charge in [-0.1, -0.05) is 12.1 Å². The zero-order chi connectivity index (χ0) is 14.7. The van der Waals surface area contributed by atoms with Crippen LogP contribution in [-0.2, 0) is 4.74 Å². The lowest BCUT2D eigenvalue weighted by Gasteiger charge is -2.27. The molecule has 5 heteroatoms. The van der Waals surface area contributed by atoms with E-state index >= 15 is 0 Å². The smallest absolute Gasteiger partial charge is 0.135 e. The van der Waals surface area contributed by atoms with E-state index in [2.05, 4.69) is 52.2 Å². The Balaban J connectivity index is 1.81.